The topological polar surface area (TPSA) is 79.1 Å². The summed E-state index contributed by atoms with van der Waals surface area (Å²) < 4.78 is 0. The Bertz CT molecular complexity index is 536. The highest BCUT2D eigenvalue weighted by atomic mass is 35.5. The van der Waals surface area contributed by atoms with Crippen molar-refractivity contribution in [3.05, 3.63) is 29.3 Å². The van der Waals surface area contributed by atoms with Gasteiger partial charge in [-0.15, -0.1) is 11.6 Å². The first-order valence-corrected chi connectivity index (χ1v) is 5.23. The summed E-state index contributed by atoms with van der Waals surface area (Å²) in [5.41, 5.74) is 1.11. The molecule has 0 unspecified atom stereocenters. The quantitative estimate of drug-likeness (QED) is 0.363. The van der Waals surface area contributed by atoms with Crippen LogP contribution in [0.25, 0.3) is 6.08 Å². The number of hydrogen-bond acceptors (Lipinski definition) is 5. The van der Waals surface area contributed by atoms with Gasteiger partial charge in [0.05, 0.1) is 11.5 Å². The van der Waals surface area contributed by atoms with Crippen LogP contribution in [-0.2, 0) is 9.63 Å². The maximum atomic E-state index is 11.3. The van der Waals surface area contributed by atoms with Gasteiger partial charge in [0, 0.05) is 0 Å². The van der Waals surface area contributed by atoms with Gasteiger partial charge in [0.1, 0.15) is 5.71 Å². The van der Waals surface area contributed by atoms with Crippen LogP contribution in [0.4, 0.5) is 0 Å². The predicted octanol–water partition coefficient (Wildman–Crippen LogP) is 1.63. The summed E-state index contributed by atoms with van der Waals surface area (Å²) in [6, 6.07) is 4.18. The normalized spacial score (nSPS) is 17.1. The summed E-state index contributed by atoms with van der Waals surface area (Å²) in [6.45, 7) is 0. The van der Waals surface area contributed by atoms with Crippen molar-refractivity contribution in [2.24, 2.45) is 5.16 Å². The van der Waals surface area contributed by atoms with Gasteiger partial charge in [0.25, 0.3) is 0 Å². The molecule has 1 aliphatic rings. The molecular formula is C11H8ClNO4. The van der Waals surface area contributed by atoms with Crippen molar-refractivity contribution < 1.29 is 19.8 Å². The number of rotatable bonds is 2. The molecule has 0 saturated carbocycles. The number of alkyl halides is 1. The lowest BCUT2D eigenvalue weighted by Crippen LogP contribution is -2.06. The Kier molecular flexibility index (Phi) is 3.01. The fraction of sp³-hybridized carbons (Fsp3) is 0.0909. The molecule has 88 valence electrons. The molecule has 0 spiro atoms. The monoisotopic (exact) mass is 253 g/mol. The third-order valence-electron chi connectivity index (χ3n) is 2.21. The van der Waals surface area contributed by atoms with Crippen LogP contribution in [0.15, 0.2) is 28.9 Å². The number of phenolic OH excluding ortho intramolecular Hbond substituents is 2. The Balaban J connectivity index is 2.38. The van der Waals surface area contributed by atoms with Crippen LogP contribution in [0.5, 0.6) is 11.5 Å². The second-order valence-corrected chi connectivity index (χ2v) is 3.62. The van der Waals surface area contributed by atoms with Gasteiger partial charge in [-0.2, -0.15) is 0 Å². The van der Waals surface area contributed by atoms with Gasteiger partial charge in [-0.1, -0.05) is 11.2 Å². The summed E-state index contributed by atoms with van der Waals surface area (Å²) in [4.78, 5) is 15.8. The first-order chi connectivity index (χ1) is 8.11. The number of carbonyl (C=O) groups is 1. The number of carbonyl (C=O) groups excluding carboxylic acids is 1. The number of hydrogen-bond donors (Lipinski definition) is 2. The van der Waals surface area contributed by atoms with Crippen LogP contribution < -0.4 is 0 Å². The number of halogens is 1. The van der Waals surface area contributed by atoms with Gasteiger partial charge >= 0.3 is 5.97 Å². The second-order valence-electron chi connectivity index (χ2n) is 3.36. The van der Waals surface area contributed by atoms with Crippen molar-refractivity contribution in [3.63, 3.8) is 0 Å². The zero-order valence-corrected chi connectivity index (χ0v) is 9.31. The predicted molar refractivity (Wildman–Crippen MR) is 62.0 cm³/mol. The highest BCUT2D eigenvalue weighted by Gasteiger charge is 2.24. The molecule has 0 radical (unpaired) electrons. The van der Waals surface area contributed by atoms with Crippen LogP contribution >= 0.6 is 11.6 Å². The Morgan fingerprint density at radius 2 is 2.12 bits per heavy atom. The van der Waals surface area contributed by atoms with Crippen molar-refractivity contribution in [1.82, 2.24) is 0 Å². The molecule has 0 bridgehead atoms. The van der Waals surface area contributed by atoms with Crippen molar-refractivity contribution in [1.29, 1.82) is 0 Å². The van der Waals surface area contributed by atoms with Crippen molar-refractivity contribution >= 4 is 29.4 Å². The average molecular weight is 254 g/mol. The van der Waals surface area contributed by atoms with E-state index in [9.17, 15) is 9.90 Å². The molecule has 6 heteroatoms. The van der Waals surface area contributed by atoms with Crippen LogP contribution in [0.1, 0.15) is 5.56 Å². The van der Waals surface area contributed by atoms with E-state index in [4.69, 9.17) is 16.7 Å². The highest BCUT2D eigenvalue weighted by Crippen LogP contribution is 2.26. The van der Waals surface area contributed by atoms with E-state index < -0.39 is 5.97 Å². The molecule has 0 atom stereocenters. The van der Waals surface area contributed by atoms with E-state index in [2.05, 4.69) is 9.99 Å². The summed E-state index contributed by atoms with van der Waals surface area (Å²) in [5, 5.41) is 22.0. The van der Waals surface area contributed by atoms with E-state index in [1.165, 1.54) is 18.2 Å². The van der Waals surface area contributed by atoms with Gasteiger partial charge in [0.15, 0.2) is 11.5 Å². The molecule has 1 aromatic rings. The first kappa shape index (κ1) is 11.5. The largest absolute Gasteiger partial charge is 0.504 e. The molecule has 0 aliphatic carbocycles. The summed E-state index contributed by atoms with van der Waals surface area (Å²) >= 11 is 5.60. The minimum Gasteiger partial charge on any atom is -0.504 e. The zero-order chi connectivity index (χ0) is 12.4. The molecule has 0 saturated heterocycles. The molecular weight excluding hydrogens is 246 g/mol. The molecule has 1 aliphatic heterocycles. The Morgan fingerprint density at radius 1 is 1.35 bits per heavy atom. The molecule has 2 N–H and O–H groups in total. The van der Waals surface area contributed by atoms with Crippen LogP contribution in [0.3, 0.4) is 0 Å². The summed E-state index contributed by atoms with van der Waals surface area (Å²) in [7, 11) is 0. The first-order valence-electron chi connectivity index (χ1n) is 4.70. The van der Waals surface area contributed by atoms with Gasteiger partial charge < -0.3 is 15.1 Å². The lowest BCUT2D eigenvalue weighted by Gasteiger charge is -2.00. The van der Waals surface area contributed by atoms with Gasteiger partial charge in [-0.25, -0.2) is 4.79 Å². The van der Waals surface area contributed by atoms with Gasteiger partial charge in [-0.3, -0.25) is 0 Å². The minimum absolute atomic E-state index is 0.0572. The third kappa shape index (κ3) is 2.24. The number of benzene rings is 1. The van der Waals surface area contributed by atoms with Crippen molar-refractivity contribution in [3.8, 4) is 11.5 Å². The van der Waals surface area contributed by atoms with Crippen LogP contribution in [0.2, 0.25) is 0 Å². The molecule has 1 aromatic carbocycles. The van der Waals surface area contributed by atoms with E-state index in [-0.39, 0.29) is 23.0 Å². The number of aromatic hydroxyl groups is 2. The van der Waals surface area contributed by atoms with Crippen LogP contribution in [0, 0.1) is 0 Å². The second kappa shape index (κ2) is 4.47. The van der Waals surface area contributed by atoms with E-state index in [1.807, 2.05) is 0 Å². The van der Waals surface area contributed by atoms with Gasteiger partial charge in [0.2, 0.25) is 0 Å². The Labute approximate surface area is 102 Å². The molecule has 1 heterocycles. The van der Waals surface area contributed by atoms with Gasteiger partial charge in [-0.05, 0) is 23.8 Å². The minimum atomic E-state index is -0.590. The lowest BCUT2D eigenvalue weighted by atomic mass is 10.1. The molecule has 0 aromatic heterocycles. The van der Waals surface area contributed by atoms with Crippen molar-refractivity contribution in [2.45, 2.75) is 0 Å². The molecule has 5 nitrogen and oxygen atoms in total. The fourth-order valence-corrected chi connectivity index (χ4v) is 1.54. The van der Waals surface area contributed by atoms with Crippen molar-refractivity contribution in [2.75, 3.05) is 5.88 Å². The third-order valence-corrected chi connectivity index (χ3v) is 2.46. The zero-order valence-electron chi connectivity index (χ0n) is 8.55. The SMILES string of the molecule is O=C1ON=C(CCl)C1=Cc1ccc(O)c(O)c1. The standard InChI is InChI=1S/C11H8ClNO4/c12-5-8-7(11(16)17-13-8)3-6-1-2-9(14)10(15)4-6/h1-4,14-15H,5H2. The fourth-order valence-electron chi connectivity index (χ4n) is 1.35. The number of oxime groups is 1. The lowest BCUT2D eigenvalue weighted by molar-refractivity contribution is -0.136. The Morgan fingerprint density at radius 3 is 2.76 bits per heavy atom. The Hall–Kier alpha value is -2.01. The number of nitrogens with zero attached hydrogens (tertiary/aromatic N) is 1. The summed E-state index contributed by atoms with van der Waals surface area (Å²) in [5.74, 6) is -1.03. The average Bonchev–Trinajstić information content (AvgIpc) is 2.65. The van der Waals surface area contributed by atoms with E-state index in [0.717, 1.165) is 0 Å². The number of phenols is 2. The highest BCUT2D eigenvalue weighted by molar-refractivity contribution is 6.38. The van der Waals surface area contributed by atoms with E-state index in [1.54, 1.807) is 6.07 Å². The smallest absolute Gasteiger partial charge is 0.367 e. The summed E-state index contributed by atoms with van der Waals surface area (Å²) in [6.07, 6.45) is 1.48. The van der Waals surface area contributed by atoms with E-state index in [0.29, 0.717) is 11.3 Å². The molecule has 2 rings (SSSR count). The molecule has 0 fully saturated rings. The molecule has 0 amide bonds. The van der Waals surface area contributed by atoms with Crippen LogP contribution in [-0.4, -0.2) is 27.8 Å². The maximum Gasteiger partial charge on any atom is 0.367 e. The van der Waals surface area contributed by atoms with E-state index >= 15 is 0 Å². The molecule has 17 heavy (non-hydrogen) atoms. The maximum absolute atomic E-state index is 11.3.